The largest absolute Gasteiger partial charge is 0.332 e. The number of aryl methyl sites for hydroxylation is 1. The van der Waals surface area contributed by atoms with Crippen molar-refractivity contribution in [3.8, 4) is 0 Å². The number of rotatable bonds is 6. The molecule has 102 valence electrons. The van der Waals surface area contributed by atoms with Crippen LogP contribution in [0.3, 0.4) is 0 Å². The van der Waals surface area contributed by atoms with E-state index in [0.29, 0.717) is 24.7 Å². The zero-order valence-corrected chi connectivity index (χ0v) is 11.6. The fourth-order valence-corrected chi connectivity index (χ4v) is 3.42. The highest BCUT2D eigenvalue weighted by Crippen LogP contribution is 2.27. The Labute approximate surface area is 108 Å². The quantitative estimate of drug-likeness (QED) is 0.829. The molecule has 1 aromatic heterocycles. The molecule has 0 aliphatic heterocycles. The maximum atomic E-state index is 12.0. The number of nitrogens with one attached hydrogen (secondary N) is 2. The van der Waals surface area contributed by atoms with Crippen LogP contribution in [0, 0.1) is 5.92 Å². The molecule has 0 bridgehead atoms. The van der Waals surface area contributed by atoms with Crippen LogP contribution in [0.4, 0.5) is 0 Å². The van der Waals surface area contributed by atoms with Gasteiger partial charge in [0, 0.05) is 13.0 Å². The summed E-state index contributed by atoms with van der Waals surface area (Å²) >= 11 is 0. The number of hydrogen-bond acceptors (Lipinski definition) is 3. The van der Waals surface area contributed by atoms with Crippen LogP contribution in [0.15, 0.2) is 11.2 Å². The SMILES string of the molecule is CCc1ncc(S(=O)(=O)NCCC2CCCC2)[nH]1. The van der Waals surface area contributed by atoms with Gasteiger partial charge in [-0.1, -0.05) is 32.6 Å². The van der Waals surface area contributed by atoms with E-state index < -0.39 is 10.0 Å². The van der Waals surface area contributed by atoms with E-state index in [9.17, 15) is 8.42 Å². The average molecular weight is 271 g/mol. The van der Waals surface area contributed by atoms with Crippen molar-refractivity contribution in [2.75, 3.05) is 6.54 Å². The van der Waals surface area contributed by atoms with Crippen molar-refractivity contribution in [3.63, 3.8) is 0 Å². The molecule has 0 saturated heterocycles. The Bertz CT molecular complexity index is 475. The number of H-pyrrole nitrogens is 1. The summed E-state index contributed by atoms with van der Waals surface area (Å²) in [7, 11) is -3.41. The van der Waals surface area contributed by atoms with Crippen LogP contribution >= 0.6 is 0 Å². The van der Waals surface area contributed by atoms with Crippen LogP contribution in [0.5, 0.6) is 0 Å². The number of imidazole rings is 1. The second kappa shape index (κ2) is 5.84. The summed E-state index contributed by atoms with van der Waals surface area (Å²) in [5.74, 6) is 1.40. The Morgan fingerprint density at radius 3 is 2.78 bits per heavy atom. The highest BCUT2D eigenvalue weighted by molar-refractivity contribution is 7.89. The van der Waals surface area contributed by atoms with Gasteiger partial charge in [0.05, 0.1) is 6.20 Å². The predicted molar refractivity (Wildman–Crippen MR) is 69.7 cm³/mol. The second-order valence-corrected chi connectivity index (χ2v) is 6.62. The van der Waals surface area contributed by atoms with E-state index in [1.165, 1.54) is 31.9 Å². The van der Waals surface area contributed by atoms with Crippen LogP contribution in [0.1, 0.15) is 44.9 Å². The van der Waals surface area contributed by atoms with Crippen molar-refractivity contribution in [1.29, 1.82) is 0 Å². The summed E-state index contributed by atoms with van der Waals surface area (Å²) < 4.78 is 26.5. The topological polar surface area (TPSA) is 74.8 Å². The first-order valence-electron chi connectivity index (χ1n) is 6.65. The van der Waals surface area contributed by atoms with E-state index in [0.717, 1.165) is 6.42 Å². The smallest absolute Gasteiger partial charge is 0.257 e. The molecular weight excluding hydrogens is 250 g/mol. The lowest BCUT2D eigenvalue weighted by Gasteiger charge is -2.09. The molecule has 0 radical (unpaired) electrons. The Morgan fingerprint density at radius 2 is 2.17 bits per heavy atom. The molecule has 1 fully saturated rings. The lowest BCUT2D eigenvalue weighted by Crippen LogP contribution is -2.26. The molecule has 0 atom stereocenters. The van der Waals surface area contributed by atoms with Gasteiger partial charge in [0.25, 0.3) is 10.0 Å². The fraction of sp³-hybridized carbons (Fsp3) is 0.750. The Hall–Kier alpha value is -0.880. The molecule has 5 nitrogen and oxygen atoms in total. The van der Waals surface area contributed by atoms with Gasteiger partial charge in [-0.2, -0.15) is 0 Å². The van der Waals surface area contributed by atoms with Crippen LogP contribution < -0.4 is 4.72 Å². The molecule has 1 saturated carbocycles. The van der Waals surface area contributed by atoms with E-state index in [-0.39, 0.29) is 5.03 Å². The van der Waals surface area contributed by atoms with Crippen molar-refractivity contribution in [3.05, 3.63) is 12.0 Å². The molecule has 2 N–H and O–H groups in total. The fourth-order valence-electron chi connectivity index (χ4n) is 2.43. The minimum Gasteiger partial charge on any atom is -0.332 e. The third-order valence-electron chi connectivity index (χ3n) is 3.55. The third-order valence-corrected chi connectivity index (χ3v) is 4.92. The van der Waals surface area contributed by atoms with E-state index in [1.807, 2.05) is 6.92 Å². The number of aromatic amines is 1. The highest BCUT2D eigenvalue weighted by Gasteiger charge is 2.19. The summed E-state index contributed by atoms with van der Waals surface area (Å²) in [6.07, 6.45) is 8.09. The van der Waals surface area contributed by atoms with Crippen LogP contribution in [0.25, 0.3) is 0 Å². The van der Waals surface area contributed by atoms with Crippen LogP contribution in [-0.2, 0) is 16.4 Å². The Balaban J connectivity index is 1.86. The lowest BCUT2D eigenvalue weighted by molar-refractivity contribution is 0.495. The zero-order valence-electron chi connectivity index (χ0n) is 10.8. The number of aromatic nitrogens is 2. The van der Waals surface area contributed by atoms with Crippen molar-refractivity contribution in [2.24, 2.45) is 5.92 Å². The van der Waals surface area contributed by atoms with Gasteiger partial charge in [-0.3, -0.25) is 0 Å². The highest BCUT2D eigenvalue weighted by atomic mass is 32.2. The summed E-state index contributed by atoms with van der Waals surface area (Å²) in [4.78, 5) is 6.83. The lowest BCUT2D eigenvalue weighted by atomic mass is 10.1. The molecule has 0 unspecified atom stereocenters. The summed E-state index contributed by atoms with van der Waals surface area (Å²) in [5, 5.41) is 0.172. The van der Waals surface area contributed by atoms with Gasteiger partial charge >= 0.3 is 0 Å². The summed E-state index contributed by atoms with van der Waals surface area (Å²) in [6.45, 7) is 2.45. The minimum absolute atomic E-state index is 0.172. The average Bonchev–Trinajstić information content (AvgIpc) is 2.99. The maximum absolute atomic E-state index is 12.0. The number of sulfonamides is 1. The van der Waals surface area contributed by atoms with Crippen LogP contribution in [-0.4, -0.2) is 24.9 Å². The molecule has 0 aromatic carbocycles. The minimum atomic E-state index is -3.41. The van der Waals surface area contributed by atoms with Gasteiger partial charge in [0.15, 0.2) is 5.03 Å². The Morgan fingerprint density at radius 1 is 1.44 bits per heavy atom. The molecule has 6 heteroatoms. The molecule has 1 aromatic rings. The zero-order chi connectivity index (χ0) is 13.0. The summed E-state index contributed by atoms with van der Waals surface area (Å²) in [5.41, 5.74) is 0. The van der Waals surface area contributed by atoms with Gasteiger partial charge in [-0.05, 0) is 12.3 Å². The molecule has 1 heterocycles. The normalized spacial score (nSPS) is 17.4. The first kappa shape index (κ1) is 13.5. The summed E-state index contributed by atoms with van der Waals surface area (Å²) in [6, 6.07) is 0. The van der Waals surface area contributed by atoms with Crippen molar-refractivity contribution in [1.82, 2.24) is 14.7 Å². The molecule has 0 spiro atoms. The molecular formula is C12H21N3O2S. The van der Waals surface area contributed by atoms with E-state index in [4.69, 9.17) is 0 Å². The van der Waals surface area contributed by atoms with Gasteiger partial charge < -0.3 is 4.98 Å². The molecule has 0 amide bonds. The first-order chi connectivity index (χ1) is 8.62. The van der Waals surface area contributed by atoms with Crippen LogP contribution in [0.2, 0.25) is 0 Å². The van der Waals surface area contributed by atoms with Gasteiger partial charge in [0.1, 0.15) is 5.82 Å². The van der Waals surface area contributed by atoms with Crippen molar-refractivity contribution < 1.29 is 8.42 Å². The monoisotopic (exact) mass is 271 g/mol. The van der Waals surface area contributed by atoms with Crippen molar-refractivity contribution in [2.45, 2.75) is 50.5 Å². The van der Waals surface area contributed by atoms with Gasteiger partial charge in [-0.25, -0.2) is 18.1 Å². The third kappa shape index (κ3) is 3.32. The predicted octanol–water partition coefficient (Wildman–Crippen LogP) is 1.83. The van der Waals surface area contributed by atoms with E-state index >= 15 is 0 Å². The standard InChI is InChI=1S/C12H21N3O2S/c1-2-11-13-9-12(15-11)18(16,17)14-8-7-10-5-3-4-6-10/h9-10,14H,2-8H2,1H3,(H,13,15). The molecule has 2 rings (SSSR count). The number of hydrogen-bond donors (Lipinski definition) is 2. The molecule has 1 aliphatic carbocycles. The number of nitrogens with zero attached hydrogens (tertiary/aromatic N) is 1. The van der Waals surface area contributed by atoms with Crippen molar-refractivity contribution >= 4 is 10.0 Å². The van der Waals surface area contributed by atoms with E-state index in [1.54, 1.807) is 0 Å². The maximum Gasteiger partial charge on any atom is 0.257 e. The first-order valence-corrected chi connectivity index (χ1v) is 8.13. The Kier molecular flexibility index (Phi) is 4.40. The second-order valence-electron chi connectivity index (χ2n) is 4.88. The van der Waals surface area contributed by atoms with Gasteiger partial charge in [-0.15, -0.1) is 0 Å². The van der Waals surface area contributed by atoms with Gasteiger partial charge in [0.2, 0.25) is 0 Å². The van der Waals surface area contributed by atoms with E-state index in [2.05, 4.69) is 14.7 Å². The molecule has 18 heavy (non-hydrogen) atoms. The molecule has 1 aliphatic rings.